The van der Waals surface area contributed by atoms with Crippen molar-refractivity contribution in [1.29, 1.82) is 0 Å². The molecule has 3 N–H and O–H groups in total. The number of phosphoric acid groups is 2. The Bertz CT molecular complexity index is 1790. The molecule has 19 heteroatoms. The van der Waals surface area contributed by atoms with Gasteiger partial charge in [-0.2, -0.15) is 0 Å². The van der Waals surface area contributed by atoms with Gasteiger partial charge < -0.3 is 33.8 Å². The smallest absolute Gasteiger partial charge is 0.462 e. The minimum atomic E-state index is -4.95. The van der Waals surface area contributed by atoms with Gasteiger partial charge in [-0.15, -0.1) is 0 Å². The fourth-order valence-electron chi connectivity index (χ4n) is 11.1. The molecule has 0 heterocycles. The Labute approximate surface area is 562 Å². The van der Waals surface area contributed by atoms with Crippen molar-refractivity contribution in [3.8, 4) is 0 Å². The Hall–Kier alpha value is -1.94. The second-order valence-corrected chi connectivity index (χ2v) is 30.2. The number of rotatable bonds is 72. The third-order valence-corrected chi connectivity index (χ3v) is 18.9. The standard InChI is InChI=1S/C73H142O17P2/c1-7-9-11-13-15-17-18-19-20-21-27-32-38-44-50-56-71(76)84-62-69(90-72(77)57-51-45-39-33-28-23-22-25-30-35-41-47-53-65(3)4)64-88-92(81,82)86-60-67(74)59-85-91(79,80)87-63-68(61-83-70(75)55-49-43-37-16-14-12-10-8-2)89-73(78)58-52-46-40-34-29-24-26-31-36-42-48-54-66(5)6/h65-69,74H,7-64H2,1-6H3,(H,79,80)(H,81,82)/t67-,68+,69+/m0/s1. The zero-order chi connectivity index (χ0) is 67.9. The number of esters is 4. The van der Waals surface area contributed by atoms with Crippen molar-refractivity contribution < 1.29 is 80.2 Å². The number of phosphoric ester groups is 2. The van der Waals surface area contributed by atoms with Gasteiger partial charge in [-0.1, -0.05) is 324 Å². The predicted molar refractivity (Wildman–Crippen MR) is 372 cm³/mol. The van der Waals surface area contributed by atoms with E-state index in [9.17, 15) is 43.2 Å². The molecule has 0 amide bonds. The molecule has 0 radical (unpaired) electrons. The number of aliphatic hydroxyl groups is 1. The minimum Gasteiger partial charge on any atom is -0.462 e. The monoisotopic (exact) mass is 1350 g/mol. The van der Waals surface area contributed by atoms with Crippen LogP contribution >= 0.6 is 15.6 Å². The van der Waals surface area contributed by atoms with Crippen LogP contribution in [0.5, 0.6) is 0 Å². The predicted octanol–water partition coefficient (Wildman–Crippen LogP) is 21.2. The molecule has 0 aromatic carbocycles. The van der Waals surface area contributed by atoms with Crippen molar-refractivity contribution in [3.63, 3.8) is 0 Å². The average molecular weight is 1350 g/mol. The van der Waals surface area contributed by atoms with Crippen LogP contribution in [0.4, 0.5) is 0 Å². The molecule has 0 rings (SSSR count). The summed E-state index contributed by atoms with van der Waals surface area (Å²) in [5, 5.41) is 10.6. The SMILES string of the molecule is CCCCCCCCCCCCCCCCCC(=O)OC[C@H](COP(=O)(O)OC[C@@H](O)COP(=O)(O)OC[C@@H](COC(=O)CCCCCCCCCC)OC(=O)CCCCCCCCCCCCCC(C)C)OC(=O)CCCCCCCCCCCCCCC(C)C. The van der Waals surface area contributed by atoms with Crippen LogP contribution in [0, 0.1) is 11.8 Å². The summed E-state index contributed by atoms with van der Waals surface area (Å²) in [5.74, 6) is -0.578. The van der Waals surface area contributed by atoms with Crippen LogP contribution in [0.2, 0.25) is 0 Å². The van der Waals surface area contributed by atoms with Gasteiger partial charge in [0.25, 0.3) is 0 Å². The summed E-state index contributed by atoms with van der Waals surface area (Å²) < 4.78 is 68.4. The van der Waals surface area contributed by atoms with Crippen LogP contribution in [0.15, 0.2) is 0 Å². The summed E-state index contributed by atoms with van der Waals surface area (Å²) in [4.78, 5) is 72.6. The molecule has 0 saturated carbocycles. The molecule has 0 aliphatic carbocycles. The number of carbonyl (C=O) groups is 4. The van der Waals surface area contributed by atoms with Gasteiger partial charge in [0, 0.05) is 25.7 Å². The molecular formula is C73H142O17P2. The summed E-state index contributed by atoms with van der Waals surface area (Å²) >= 11 is 0. The molecule has 2 unspecified atom stereocenters. The molecule has 0 aliphatic heterocycles. The maximum Gasteiger partial charge on any atom is 0.472 e. The van der Waals surface area contributed by atoms with E-state index in [4.69, 9.17) is 37.0 Å². The third-order valence-electron chi connectivity index (χ3n) is 17.0. The van der Waals surface area contributed by atoms with E-state index in [0.29, 0.717) is 25.7 Å². The van der Waals surface area contributed by atoms with E-state index in [1.54, 1.807) is 0 Å². The first kappa shape index (κ1) is 90.1. The molecule has 92 heavy (non-hydrogen) atoms. The lowest BCUT2D eigenvalue weighted by Crippen LogP contribution is -2.30. The highest BCUT2D eigenvalue weighted by Gasteiger charge is 2.30. The van der Waals surface area contributed by atoms with Crippen molar-refractivity contribution >= 4 is 39.5 Å². The van der Waals surface area contributed by atoms with E-state index in [1.165, 1.54) is 186 Å². The Morgan fingerprint density at radius 2 is 0.500 bits per heavy atom. The fraction of sp³-hybridized carbons (Fsp3) is 0.945. The third kappa shape index (κ3) is 66.7. The zero-order valence-corrected chi connectivity index (χ0v) is 61.6. The average Bonchev–Trinajstić information content (AvgIpc) is 3.59. The molecule has 5 atom stereocenters. The Balaban J connectivity index is 5.22. The Kier molecular flexibility index (Phi) is 63.7. The summed E-state index contributed by atoms with van der Waals surface area (Å²) in [6.07, 6.45) is 51.3. The molecule has 0 aliphatic rings. The lowest BCUT2D eigenvalue weighted by molar-refractivity contribution is -0.161. The van der Waals surface area contributed by atoms with Gasteiger partial charge in [-0.25, -0.2) is 9.13 Å². The van der Waals surface area contributed by atoms with Crippen molar-refractivity contribution in [2.75, 3.05) is 39.6 Å². The summed E-state index contributed by atoms with van der Waals surface area (Å²) in [6.45, 7) is 9.56. The van der Waals surface area contributed by atoms with Gasteiger partial charge in [0.15, 0.2) is 12.2 Å². The number of aliphatic hydroxyl groups excluding tert-OH is 1. The van der Waals surface area contributed by atoms with Gasteiger partial charge in [0.2, 0.25) is 0 Å². The van der Waals surface area contributed by atoms with E-state index in [2.05, 4.69) is 41.5 Å². The first-order chi connectivity index (χ1) is 44.4. The lowest BCUT2D eigenvalue weighted by Gasteiger charge is -2.21. The number of hydrogen-bond donors (Lipinski definition) is 3. The number of ether oxygens (including phenoxy) is 4. The maximum atomic E-state index is 13.1. The quantitative estimate of drug-likeness (QED) is 0.0222. The first-order valence-corrected chi connectivity index (χ1v) is 41.0. The minimum absolute atomic E-state index is 0.106. The van der Waals surface area contributed by atoms with Gasteiger partial charge >= 0.3 is 39.5 Å². The summed E-state index contributed by atoms with van der Waals surface area (Å²) in [5.41, 5.74) is 0. The van der Waals surface area contributed by atoms with Crippen LogP contribution in [0.1, 0.15) is 375 Å². The van der Waals surface area contributed by atoms with Crippen molar-refractivity contribution in [2.24, 2.45) is 11.8 Å². The lowest BCUT2D eigenvalue weighted by atomic mass is 10.0. The van der Waals surface area contributed by atoms with Gasteiger partial charge in [-0.05, 0) is 37.5 Å². The summed E-state index contributed by atoms with van der Waals surface area (Å²) in [6, 6.07) is 0. The van der Waals surface area contributed by atoms with E-state index < -0.39 is 97.5 Å². The normalized spacial score (nSPS) is 14.1. The highest BCUT2D eigenvalue weighted by Crippen LogP contribution is 2.45. The topological polar surface area (TPSA) is 237 Å². The largest absolute Gasteiger partial charge is 0.472 e. The zero-order valence-electron chi connectivity index (χ0n) is 59.9. The molecule has 0 fully saturated rings. The van der Waals surface area contributed by atoms with Crippen LogP contribution in [-0.2, 0) is 65.4 Å². The Morgan fingerprint density at radius 3 is 0.739 bits per heavy atom. The molecule has 0 spiro atoms. The molecule has 0 bridgehead atoms. The number of unbranched alkanes of at least 4 members (excludes halogenated alkanes) is 42. The molecule has 17 nitrogen and oxygen atoms in total. The van der Waals surface area contributed by atoms with Crippen molar-refractivity contribution in [2.45, 2.75) is 394 Å². The van der Waals surface area contributed by atoms with E-state index >= 15 is 0 Å². The highest BCUT2D eigenvalue weighted by atomic mass is 31.2. The molecule has 0 aromatic rings. The maximum absolute atomic E-state index is 13.1. The fourth-order valence-corrected chi connectivity index (χ4v) is 12.7. The van der Waals surface area contributed by atoms with Gasteiger partial charge in [-0.3, -0.25) is 37.3 Å². The summed E-state index contributed by atoms with van der Waals surface area (Å²) in [7, 11) is -9.90. The number of carbonyl (C=O) groups excluding carboxylic acids is 4. The van der Waals surface area contributed by atoms with Crippen molar-refractivity contribution in [1.82, 2.24) is 0 Å². The van der Waals surface area contributed by atoms with E-state index in [-0.39, 0.29) is 25.7 Å². The molecule has 0 saturated heterocycles. The first-order valence-electron chi connectivity index (χ1n) is 38.0. The second kappa shape index (κ2) is 65.0. The van der Waals surface area contributed by atoms with Gasteiger partial charge in [0.1, 0.15) is 19.3 Å². The number of hydrogen-bond acceptors (Lipinski definition) is 15. The van der Waals surface area contributed by atoms with E-state index in [0.717, 1.165) is 108 Å². The molecule has 546 valence electrons. The second-order valence-electron chi connectivity index (χ2n) is 27.3. The van der Waals surface area contributed by atoms with Crippen LogP contribution < -0.4 is 0 Å². The highest BCUT2D eigenvalue weighted by molar-refractivity contribution is 7.47. The van der Waals surface area contributed by atoms with Crippen LogP contribution in [-0.4, -0.2) is 96.7 Å². The Morgan fingerprint density at radius 1 is 0.293 bits per heavy atom. The van der Waals surface area contributed by atoms with Crippen LogP contribution in [0.25, 0.3) is 0 Å². The van der Waals surface area contributed by atoms with Crippen LogP contribution in [0.3, 0.4) is 0 Å². The van der Waals surface area contributed by atoms with Gasteiger partial charge in [0.05, 0.1) is 26.4 Å². The van der Waals surface area contributed by atoms with E-state index in [1.807, 2.05) is 0 Å². The van der Waals surface area contributed by atoms with Crippen molar-refractivity contribution in [3.05, 3.63) is 0 Å². The molecular weight excluding hydrogens is 1210 g/mol. The molecule has 0 aromatic heterocycles.